The predicted octanol–water partition coefficient (Wildman–Crippen LogP) is 3.05. The summed E-state index contributed by atoms with van der Waals surface area (Å²) in [5, 5.41) is 11.4. The zero-order valence-electron chi connectivity index (χ0n) is 11.6. The number of aromatic nitrogens is 2. The number of nitrogens with zero attached hydrogens (tertiary/aromatic N) is 2. The highest BCUT2D eigenvalue weighted by Crippen LogP contribution is 2.30. The molecule has 0 aliphatic heterocycles. The van der Waals surface area contributed by atoms with Crippen LogP contribution in [0.5, 0.6) is 5.75 Å². The number of benzene rings is 1. The summed E-state index contributed by atoms with van der Waals surface area (Å²) in [5.74, 6) is 1.93. The van der Waals surface area contributed by atoms with E-state index >= 15 is 0 Å². The molecular formula is C14H18BrN3O2. The summed E-state index contributed by atoms with van der Waals surface area (Å²) in [6.45, 7) is 4.02. The van der Waals surface area contributed by atoms with Crippen molar-refractivity contribution in [1.82, 2.24) is 15.5 Å². The maximum absolute atomic E-state index is 5.69. The molecule has 1 N–H and O–H groups in total. The summed E-state index contributed by atoms with van der Waals surface area (Å²) in [7, 11) is 1.63. The monoisotopic (exact) mass is 339 g/mol. The first kappa shape index (κ1) is 15.0. The van der Waals surface area contributed by atoms with Crippen LogP contribution in [-0.4, -0.2) is 30.4 Å². The number of rotatable bonds is 7. The molecule has 0 aliphatic rings. The Hall–Kier alpha value is -1.40. The minimum atomic E-state index is 0.509. The first-order valence-corrected chi connectivity index (χ1v) is 7.41. The van der Waals surface area contributed by atoms with Crippen molar-refractivity contribution < 1.29 is 9.15 Å². The fourth-order valence-electron chi connectivity index (χ4n) is 1.80. The van der Waals surface area contributed by atoms with Gasteiger partial charge in [0.2, 0.25) is 11.8 Å². The normalized spacial score (nSPS) is 10.8. The topological polar surface area (TPSA) is 60.2 Å². The molecule has 0 atom stereocenters. The molecule has 0 amide bonds. The first-order chi connectivity index (χ1) is 9.74. The van der Waals surface area contributed by atoms with Crippen LogP contribution in [0.15, 0.2) is 27.1 Å². The Balaban J connectivity index is 2.08. The standard InChI is InChI=1S/C14H18BrN3O2/c1-3-16-8-4-5-13-17-18-14(20-13)11-9-10(19-2)6-7-12(11)15/h6-7,9,16H,3-5,8H2,1-2H3. The van der Waals surface area contributed by atoms with E-state index in [0.717, 1.165) is 41.7 Å². The summed E-state index contributed by atoms with van der Waals surface area (Å²) < 4.78 is 11.8. The van der Waals surface area contributed by atoms with Gasteiger partial charge in [-0.05, 0) is 53.6 Å². The van der Waals surface area contributed by atoms with Gasteiger partial charge in [0.1, 0.15) is 5.75 Å². The van der Waals surface area contributed by atoms with Crippen molar-refractivity contribution in [2.24, 2.45) is 0 Å². The van der Waals surface area contributed by atoms with Gasteiger partial charge >= 0.3 is 0 Å². The molecule has 0 bridgehead atoms. The Bertz CT molecular complexity index is 557. The van der Waals surface area contributed by atoms with Crippen LogP contribution in [-0.2, 0) is 6.42 Å². The van der Waals surface area contributed by atoms with Crippen molar-refractivity contribution in [2.45, 2.75) is 19.8 Å². The third-order valence-electron chi connectivity index (χ3n) is 2.86. The van der Waals surface area contributed by atoms with Crippen molar-refractivity contribution in [1.29, 1.82) is 0 Å². The second-order valence-corrected chi connectivity index (χ2v) is 5.16. The van der Waals surface area contributed by atoms with E-state index in [4.69, 9.17) is 9.15 Å². The molecule has 108 valence electrons. The van der Waals surface area contributed by atoms with E-state index in [-0.39, 0.29) is 0 Å². The van der Waals surface area contributed by atoms with Gasteiger partial charge in [0.25, 0.3) is 0 Å². The molecule has 0 fully saturated rings. The van der Waals surface area contributed by atoms with Crippen LogP contribution < -0.4 is 10.1 Å². The van der Waals surface area contributed by atoms with Crippen LogP contribution in [0.4, 0.5) is 0 Å². The third kappa shape index (κ3) is 3.80. The summed E-state index contributed by atoms with van der Waals surface area (Å²) in [5.41, 5.74) is 0.842. The van der Waals surface area contributed by atoms with Gasteiger partial charge in [-0.2, -0.15) is 0 Å². The van der Waals surface area contributed by atoms with Gasteiger partial charge in [0.05, 0.1) is 12.7 Å². The summed E-state index contributed by atoms with van der Waals surface area (Å²) >= 11 is 3.49. The second kappa shape index (κ2) is 7.40. The quantitative estimate of drug-likeness (QED) is 0.785. The lowest BCUT2D eigenvalue weighted by molar-refractivity contribution is 0.414. The Morgan fingerprint density at radius 3 is 2.95 bits per heavy atom. The van der Waals surface area contributed by atoms with Crippen LogP contribution in [0.2, 0.25) is 0 Å². The van der Waals surface area contributed by atoms with Gasteiger partial charge in [0, 0.05) is 10.9 Å². The molecule has 0 spiro atoms. The maximum atomic E-state index is 5.69. The van der Waals surface area contributed by atoms with Gasteiger partial charge in [-0.25, -0.2) is 0 Å². The number of methoxy groups -OCH3 is 1. The van der Waals surface area contributed by atoms with E-state index < -0.39 is 0 Å². The SMILES string of the molecule is CCNCCCc1nnc(-c2cc(OC)ccc2Br)o1. The minimum absolute atomic E-state index is 0.509. The summed E-state index contributed by atoms with van der Waals surface area (Å²) in [4.78, 5) is 0. The molecule has 5 nitrogen and oxygen atoms in total. The number of nitrogens with one attached hydrogen (secondary N) is 1. The Kier molecular flexibility index (Phi) is 5.55. The summed E-state index contributed by atoms with van der Waals surface area (Å²) in [6.07, 6.45) is 1.76. The highest BCUT2D eigenvalue weighted by Gasteiger charge is 2.12. The number of aryl methyl sites for hydroxylation is 1. The molecule has 0 unspecified atom stereocenters. The molecule has 0 aliphatic carbocycles. The lowest BCUT2D eigenvalue weighted by atomic mass is 10.2. The van der Waals surface area contributed by atoms with Crippen LogP contribution in [0.25, 0.3) is 11.5 Å². The smallest absolute Gasteiger partial charge is 0.249 e. The lowest BCUT2D eigenvalue weighted by Crippen LogP contribution is -2.14. The average molecular weight is 340 g/mol. The van der Waals surface area contributed by atoms with E-state index in [0.29, 0.717) is 11.8 Å². The molecule has 0 radical (unpaired) electrons. The molecular weight excluding hydrogens is 322 g/mol. The zero-order valence-corrected chi connectivity index (χ0v) is 13.2. The molecule has 20 heavy (non-hydrogen) atoms. The Labute approximate surface area is 126 Å². The Morgan fingerprint density at radius 1 is 1.35 bits per heavy atom. The maximum Gasteiger partial charge on any atom is 0.249 e. The van der Waals surface area contributed by atoms with Crippen molar-refractivity contribution in [2.75, 3.05) is 20.2 Å². The fourth-order valence-corrected chi connectivity index (χ4v) is 2.22. The van der Waals surface area contributed by atoms with Gasteiger partial charge in [-0.15, -0.1) is 10.2 Å². The van der Waals surface area contributed by atoms with Crippen molar-refractivity contribution in [3.63, 3.8) is 0 Å². The van der Waals surface area contributed by atoms with Gasteiger partial charge in [-0.1, -0.05) is 6.92 Å². The second-order valence-electron chi connectivity index (χ2n) is 4.30. The van der Waals surface area contributed by atoms with Crippen LogP contribution >= 0.6 is 15.9 Å². The largest absolute Gasteiger partial charge is 0.497 e. The zero-order chi connectivity index (χ0) is 14.4. The van der Waals surface area contributed by atoms with Crippen LogP contribution in [0.1, 0.15) is 19.2 Å². The third-order valence-corrected chi connectivity index (χ3v) is 3.56. The van der Waals surface area contributed by atoms with E-state index in [2.05, 4.69) is 38.4 Å². The predicted molar refractivity (Wildman–Crippen MR) is 80.9 cm³/mol. The van der Waals surface area contributed by atoms with Crippen molar-refractivity contribution >= 4 is 15.9 Å². The molecule has 2 rings (SSSR count). The number of ether oxygens (including phenoxy) is 1. The fraction of sp³-hybridized carbons (Fsp3) is 0.429. The molecule has 6 heteroatoms. The first-order valence-electron chi connectivity index (χ1n) is 6.61. The summed E-state index contributed by atoms with van der Waals surface area (Å²) in [6, 6.07) is 5.66. The van der Waals surface area contributed by atoms with E-state index in [1.54, 1.807) is 7.11 Å². The van der Waals surface area contributed by atoms with Crippen molar-refractivity contribution in [3.05, 3.63) is 28.6 Å². The molecule has 0 saturated heterocycles. The van der Waals surface area contributed by atoms with Crippen molar-refractivity contribution in [3.8, 4) is 17.2 Å². The highest BCUT2D eigenvalue weighted by atomic mass is 79.9. The lowest BCUT2D eigenvalue weighted by Gasteiger charge is -2.03. The molecule has 1 heterocycles. The minimum Gasteiger partial charge on any atom is -0.497 e. The van der Waals surface area contributed by atoms with Gasteiger partial charge in [-0.3, -0.25) is 0 Å². The average Bonchev–Trinajstić information content (AvgIpc) is 2.93. The highest BCUT2D eigenvalue weighted by molar-refractivity contribution is 9.10. The van der Waals surface area contributed by atoms with E-state index in [1.165, 1.54) is 0 Å². The molecule has 1 aromatic heterocycles. The van der Waals surface area contributed by atoms with Gasteiger partial charge < -0.3 is 14.5 Å². The molecule has 1 aromatic carbocycles. The number of halogens is 1. The van der Waals surface area contributed by atoms with E-state index in [9.17, 15) is 0 Å². The van der Waals surface area contributed by atoms with E-state index in [1.807, 2.05) is 18.2 Å². The molecule has 0 saturated carbocycles. The van der Waals surface area contributed by atoms with Crippen LogP contribution in [0.3, 0.4) is 0 Å². The molecule has 2 aromatic rings. The Morgan fingerprint density at radius 2 is 2.20 bits per heavy atom. The van der Waals surface area contributed by atoms with Crippen LogP contribution in [0, 0.1) is 0 Å². The van der Waals surface area contributed by atoms with Gasteiger partial charge in [0.15, 0.2) is 0 Å². The number of hydrogen-bond donors (Lipinski definition) is 1. The number of hydrogen-bond acceptors (Lipinski definition) is 5.